The standard InChI is InChI=1S/C17H20N4O4S/c1-10-2-7-13(16(22)8-10)14-9-15(21-20-14)17(23)19-11-3-5-12(6-4-11)26(18,24)25/h2-8,14-15,20-22H,9H2,1H3,(H,19,23)(H2,18,24,25). The number of hydrazine groups is 1. The molecule has 1 fully saturated rings. The second-order valence-corrected chi connectivity index (χ2v) is 7.81. The number of sulfonamides is 1. The molecule has 6 N–H and O–H groups in total. The van der Waals surface area contributed by atoms with Crippen molar-refractivity contribution < 1.29 is 18.3 Å². The first kappa shape index (κ1) is 18.3. The van der Waals surface area contributed by atoms with E-state index >= 15 is 0 Å². The smallest absolute Gasteiger partial charge is 0.242 e. The molecule has 1 amide bonds. The molecule has 2 aromatic rings. The van der Waals surface area contributed by atoms with Crippen LogP contribution in [-0.2, 0) is 14.8 Å². The van der Waals surface area contributed by atoms with Crippen molar-refractivity contribution in [2.24, 2.45) is 5.14 Å². The lowest BCUT2D eigenvalue weighted by molar-refractivity contribution is -0.117. The summed E-state index contributed by atoms with van der Waals surface area (Å²) >= 11 is 0. The van der Waals surface area contributed by atoms with Crippen molar-refractivity contribution in [1.82, 2.24) is 10.9 Å². The van der Waals surface area contributed by atoms with Gasteiger partial charge in [0.2, 0.25) is 15.9 Å². The maximum Gasteiger partial charge on any atom is 0.242 e. The molecule has 9 heteroatoms. The van der Waals surface area contributed by atoms with Crippen LogP contribution >= 0.6 is 0 Å². The van der Waals surface area contributed by atoms with E-state index in [-0.39, 0.29) is 22.6 Å². The number of benzene rings is 2. The summed E-state index contributed by atoms with van der Waals surface area (Å²) in [5, 5.41) is 17.8. The van der Waals surface area contributed by atoms with E-state index < -0.39 is 16.1 Å². The van der Waals surface area contributed by atoms with Gasteiger partial charge in [0.15, 0.2) is 0 Å². The van der Waals surface area contributed by atoms with Crippen molar-refractivity contribution in [3.8, 4) is 5.75 Å². The minimum atomic E-state index is -3.77. The van der Waals surface area contributed by atoms with Crippen LogP contribution in [0, 0.1) is 6.92 Å². The number of hydrogen-bond acceptors (Lipinski definition) is 6. The first-order valence-corrected chi connectivity index (χ1v) is 9.53. The molecule has 2 unspecified atom stereocenters. The molecular weight excluding hydrogens is 356 g/mol. The third-order valence-electron chi connectivity index (χ3n) is 4.23. The predicted octanol–water partition coefficient (Wildman–Crippen LogP) is 0.894. The van der Waals surface area contributed by atoms with E-state index in [2.05, 4.69) is 16.2 Å². The summed E-state index contributed by atoms with van der Waals surface area (Å²) in [5.74, 6) is -0.0844. The van der Waals surface area contributed by atoms with Crippen molar-refractivity contribution >= 4 is 21.6 Å². The number of phenols is 1. The molecule has 3 rings (SSSR count). The van der Waals surface area contributed by atoms with Crippen LogP contribution in [0.15, 0.2) is 47.4 Å². The van der Waals surface area contributed by atoms with E-state index in [9.17, 15) is 18.3 Å². The van der Waals surface area contributed by atoms with Gasteiger partial charge in [-0.25, -0.2) is 24.4 Å². The minimum Gasteiger partial charge on any atom is -0.508 e. The number of carbonyl (C=O) groups is 1. The lowest BCUT2D eigenvalue weighted by Crippen LogP contribution is -2.39. The molecule has 138 valence electrons. The Balaban J connectivity index is 1.64. The van der Waals surface area contributed by atoms with Crippen LogP contribution < -0.4 is 21.3 Å². The number of rotatable bonds is 4. The maximum absolute atomic E-state index is 12.4. The largest absolute Gasteiger partial charge is 0.508 e. The molecule has 2 aromatic carbocycles. The second-order valence-electron chi connectivity index (χ2n) is 6.25. The Morgan fingerprint density at radius 2 is 1.88 bits per heavy atom. The van der Waals surface area contributed by atoms with Crippen molar-refractivity contribution in [3.63, 3.8) is 0 Å². The van der Waals surface area contributed by atoms with Gasteiger partial charge in [0.1, 0.15) is 11.8 Å². The van der Waals surface area contributed by atoms with Gasteiger partial charge in [-0.15, -0.1) is 0 Å². The number of anilines is 1. The highest BCUT2D eigenvalue weighted by Crippen LogP contribution is 2.30. The van der Waals surface area contributed by atoms with Crippen LogP contribution in [0.3, 0.4) is 0 Å². The van der Waals surface area contributed by atoms with Gasteiger partial charge in [0.05, 0.1) is 10.9 Å². The molecule has 26 heavy (non-hydrogen) atoms. The lowest BCUT2D eigenvalue weighted by atomic mass is 9.99. The van der Waals surface area contributed by atoms with Crippen LogP contribution in [0.5, 0.6) is 5.75 Å². The minimum absolute atomic E-state index is 0.0222. The summed E-state index contributed by atoms with van der Waals surface area (Å²) in [6.45, 7) is 1.89. The van der Waals surface area contributed by atoms with Crippen LogP contribution in [-0.4, -0.2) is 25.5 Å². The molecule has 1 saturated heterocycles. The van der Waals surface area contributed by atoms with Crippen LogP contribution in [0.2, 0.25) is 0 Å². The number of nitrogens with one attached hydrogen (secondary N) is 3. The Morgan fingerprint density at radius 3 is 2.50 bits per heavy atom. The molecule has 1 heterocycles. The fraction of sp³-hybridized carbons (Fsp3) is 0.235. The molecule has 2 atom stereocenters. The normalized spacial score (nSPS) is 20.1. The molecule has 0 aromatic heterocycles. The fourth-order valence-corrected chi connectivity index (χ4v) is 3.35. The first-order chi connectivity index (χ1) is 12.2. The van der Waals surface area contributed by atoms with Crippen molar-refractivity contribution in [1.29, 1.82) is 0 Å². The van der Waals surface area contributed by atoms with Crippen molar-refractivity contribution in [2.45, 2.75) is 30.3 Å². The average Bonchev–Trinajstić information content (AvgIpc) is 3.04. The van der Waals surface area contributed by atoms with E-state index in [0.29, 0.717) is 12.1 Å². The highest BCUT2D eigenvalue weighted by atomic mass is 32.2. The van der Waals surface area contributed by atoms with Gasteiger partial charge >= 0.3 is 0 Å². The highest BCUT2D eigenvalue weighted by Gasteiger charge is 2.31. The fourth-order valence-electron chi connectivity index (χ4n) is 2.84. The summed E-state index contributed by atoms with van der Waals surface area (Å²) in [4.78, 5) is 12.4. The Labute approximate surface area is 151 Å². The zero-order valence-electron chi connectivity index (χ0n) is 14.1. The number of carbonyl (C=O) groups excluding carboxylic acids is 1. The third kappa shape index (κ3) is 4.02. The zero-order chi connectivity index (χ0) is 18.9. The molecule has 8 nitrogen and oxygen atoms in total. The number of nitrogens with two attached hydrogens (primary N) is 1. The molecule has 0 spiro atoms. The third-order valence-corrected chi connectivity index (χ3v) is 5.16. The number of aromatic hydroxyl groups is 1. The van der Waals surface area contributed by atoms with Gasteiger partial charge in [-0.1, -0.05) is 12.1 Å². The van der Waals surface area contributed by atoms with Gasteiger partial charge in [-0.3, -0.25) is 4.79 Å². The van der Waals surface area contributed by atoms with Gasteiger partial charge in [-0.2, -0.15) is 0 Å². The van der Waals surface area contributed by atoms with Gasteiger partial charge in [0.25, 0.3) is 0 Å². The van der Waals surface area contributed by atoms with E-state index in [4.69, 9.17) is 5.14 Å². The monoisotopic (exact) mass is 376 g/mol. The topological polar surface area (TPSA) is 134 Å². The Morgan fingerprint density at radius 1 is 1.19 bits per heavy atom. The highest BCUT2D eigenvalue weighted by molar-refractivity contribution is 7.89. The van der Waals surface area contributed by atoms with E-state index in [1.54, 1.807) is 6.07 Å². The maximum atomic E-state index is 12.4. The molecule has 0 bridgehead atoms. The van der Waals surface area contributed by atoms with Gasteiger partial charge in [-0.05, 0) is 49.2 Å². The summed E-state index contributed by atoms with van der Waals surface area (Å²) in [5.41, 5.74) is 8.06. The predicted molar refractivity (Wildman–Crippen MR) is 96.7 cm³/mol. The zero-order valence-corrected chi connectivity index (χ0v) is 14.9. The Hall–Kier alpha value is -2.46. The lowest BCUT2D eigenvalue weighted by Gasteiger charge is -2.12. The van der Waals surface area contributed by atoms with Crippen LogP contribution in [0.4, 0.5) is 5.69 Å². The number of hydrogen-bond donors (Lipinski definition) is 5. The molecule has 0 aliphatic carbocycles. The van der Waals surface area contributed by atoms with Crippen molar-refractivity contribution in [2.75, 3.05) is 5.32 Å². The van der Waals surface area contributed by atoms with E-state index in [1.165, 1.54) is 24.3 Å². The number of aryl methyl sites for hydroxylation is 1. The number of primary sulfonamides is 1. The Bertz CT molecular complexity index is 928. The van der Waals surface area contributed by atoms with Crippen molar-refractivity contribution in [3.05, 3.63) is 53.6 Å². The second kappa shape index (κ2) is 7.04. The SMILES string of the molecule is Cc1ccc(C2CC(C(=O)Nc3ccc(S(N)(=O)=O)cc3)NN2)c(O)c1. The molecule has 1 aliphatic rings. The molecular formula is C17H20N4O4S. The Kier molecular flexibility index (Phi) is 4.97. The quantitative estimate of drug-likeness (QED) is 0.538. The first-order valence-electron chi connectivity index (χ1n) is 7.98. The number of amides is 1. The van der Waals surface area contributed by atoms with E-state index in [1.807, 2.05) is 19.1 Å². The summed E-state index contributed by atoms with van der Waals surface area (Å²) in [7, 11) is -3.77. The summed E-state index contributed by atoms with van der Waals surface area (Å²) in [6, 6.07) is 10.3. The summed E-state index contributed by atoms with van der Waals surface area (Å²) < 4.78 is 22.5. The molecule has 0 radical (unpaired) electrons. The van der Waals surface area contributed by atoms with Gasteiger partial charge < -0.3 is 10.4 Å². The van der Waals surface area contributed by atoms with Crippen LogP contribution in [0.25, 0.3) is 0 Å². The molecule has 1 aliphatic heterocycles. The number of phenolic OH excluding ortho intramolecular Hbond substituents is 1. The van der Waals surface area contributed by atoms with E-state index in [0.717, 1.165) is 11.1 Å². The molecule has 0 saturated carbocycles. The average molecular weight is 376 g/mol. The van der Waals surface area contributed by atoms with Crippen LogP contribution in [0.1, 0.15) is 23.6 Å². The summed E-state index contributed by atoms with van der Waals surface area (Å²) in [6.07, 6.45) is 0.456. The van der Waals surface area contributed by atoms with Gasteiger partial charge in [0, 0.05) is 11.3 Å².